The summed E-state index contributed by atoms with van der Waals surface area (Å²) in [6.45, 7) is 11.9. The number of amides is 1. The van der Waals surface area contributed by atoms with Crippen LogP contribution in [-0.2, 0) is 21.4 Å². The molecule has 6 rings (SSSR count). The van der Waals surface area contributed by atoms with Crippen molar-refractivity contribution in [2.24, 2.45) is 11.8 Å². The van der Waals surface area contributed by atoms with E-state index in [1.165, 1.54) is 13.0 Å². The zero-order valence-corrected chi connectivity index (χ0v) is 24.2. The van der Waals surface area contributed by atoms with Crippen LogP contribution in [-0.4, -0.2) is 64.6 Å². The Labute approximate surface area is 242 Å². The number of carbonyl (C=O) groups is 2. The molecular formula is C34H40N2O5. The monoisotopic (exact) mass is 556 g/mol. The van der Waals surface area contributed by atoms with Crippen molar-refractivity contribution < 1.29 is 24.2 Å². The number of hydrogen-bond acceptors (Lipinski definition) is 6. The number of benzene rings is 2. The minimum Gasteiger partial charge on any atom is -0.504 e. The van der Waals surface area contributed by atoms with Crippen molar-refractivity contribution in [3.05, 3.63) is 71.8 Å². The van der Waals surface area contributed by atoms with Gasteiger partial charge in [-0.3, -0.25) is 14.5 Å². The van der Waals surface area contributed by atoms with Gasteiger partial charge in [-0.25, -0.2) is 0 Å². The third-order valence-electron chi connectivity index (χ3n) is 9.57. The largest absolute Gasteiger partial charge is 0.504 e. The smallest absolute Gasteiger partial charge is 0.308 e. The van der Waals surface area contributed by atoms with Crippen LogP contribution < -0.4 is 9.47 Å². The maximum Gasteiger partial charge on any atom is 0.308 e. The predicted molar refractivity (Wildman–Crippen MR) is 158 cm³/mol. The van der Waals surface area contributed by atoms with Crippen LogP contribution in [0.1, 0.15) is 56.7 Å². The van der Waals surface area contributed by atoms with Gasteiger partial charge in [0.05, 0.1) is 6.04 Å². The molecule has 2 aliphatic carbocycles. The number of esters is 1. The molecule has 1 N–H and O–H groups in total. The van der Waals surface area contributed by atoms with E-state index in [0.29, 0.717) is 24.0 Å². The van der Waals surface area contributed by atoms with Gasteiger partial charge < -0.3 is 19.5 Å². The lowest BCUT2D eigenvalue weighted by atomic mass is 9.50. The lowest BCUT2D eigenvalue weighted by Gasteiger charge is -2.60. The molecule has 2 aliphatic heterocycles. The summed E-state index contributed by atoms with van der Waals surface area (Å²) in [4.78, 5) is 30.5. The fourth-order valence-electron chi connectivity index (χ4n) is 8.22. The van der Waals surface area contributed by atoms with E-state index >= 15 is 0 Å². The van der Waals surface area contributed by atoms with Gasteiger partial charge in [0.25, 0.3) is 0 Å². The molecule has 1 saturated carbocycles. The van der Waals surface area contributed by atoms with Crippen molar-refractivity contribution >= 4 is 18.0 Å². The Kier molecular flexibility index (Phi) is 7.18. The molecule has 4 aliphatic rings. The van der Waals surface area contributed by atoms with Crippen LogP contribution >= 0.6 is 0 Å². The van der Waals surface area contributed by atoms with Crippen molar-refractivity contribution in [3.8, 4) is 17.2 Å². The standard InChI is InChI=1S/C34H40N2O5/c1-5-16-35-17-15-34-25-12-13-26(36(20-21(2)3)30(39)14-11-23-9-7-6-8-10-23)33(34)41-32-28(38)19-29(40-22(4)37)24(31(32)34)18-27(25)35/h5-11,14,19,21,25-27,33,38H,1,12-13,15-18,20H2,2-4H3/t25-,26-,27+,33-,34-/m0/s1. The molecule has 2 aromatic rings. The maximum absolute atomic E-state index is 13.9. The van der Waals surface area contributed by atoms with Crippen LogP contribution in [0.4, 0.5) is 0 Å². The third-order valence-corrected chi connectivity index (χ3v) is 9.57. The van der Waals surface area contributed by atoms with Crippen LogP contribution in [0.25, 0.3) is 6.08 Å². The first-order chi connectivity index (χ1) is 19.7. The molecule has 7 heteroatoms. The van der Waals surface area contributed by atoms with Crippen LogP contribution in [0.5, 0.6) is 17.2 Å². The fourth-order valence-corrected chi connectivity index (χ4v) is 8.22. The SMILES string of the molecule is C=CCN1CC[C@]23c4c5c(OC(C)=O)cc(O)c4O[C@H]2[C@@H](N(CC(C)C)C(=O)C=Cc2ccccc2)CC[C@H]3[C@H]1C5. The van der Waals surface area contributed by atoms with Gasteiger partial charge in [-0.05, 0) is 55.7 Å². The molecule has 0 unspecified atom stereocenters. The minimum absolute atomic E-state index is 0.000967. The van der Waals surface area contributed by atoms with Gasteiger partial charge in [-0.1, -0.05) is 50.3 Å². The molecule has 7 nitrogen and oxygen atoms in total. The first-order valence-electron chi connectivity index (χ1n) is 14.9. The average Bonchev–Trinajstić information content (AvgIpc) is 3.29. The summed E-state index contributed by atoms with van der Waals surface area (Å²) < 4.78 is 12.5. The summed E-state index contributed by atoms with van der Waals surface area (Å²) in [6, 6.07) is 11.5. The third kappa shape index (κ3) is 4.55. The summed E-state index contributed by atoms with van der Waals surface area (Å²) in [6.07, 6.45) is 8.56. The molecule has 0 aromatic heterocycles. The number of hydrogen-bond donors (Lipinski definition) is 1. The van der Waals surface area contributed by atoms with E-state index < -0.39 is 5.97 Å². The summed E-state index contributed by atoms with van der Waals surface area (Å²) in [5.41, 5.74) is 2.56. The number of carbonyl (C=O) groups excluding carboxylic acids is 2. The molecule has 5 atom stereocenters. The minimum atomic E-state index is -0.413. The average molecular weight is 557 g/mol. The first kappa shape index (κ1) is 27.6. The van der Waals surface area contributed by atoms with E-state index in [4.69, 9.17) is 9.47 Å². The second-order valence-corrected chi connectivity index (χ2v) is 12.4. The lowest BCUT2D eigenvalue weighted by Crippen LogP contribution is -2.69. The summed E-state index contributed by atoms with van der Waals surface area (Å²) in [5.74, 6) is 1.06. The highest BCUT2D eigenvalue weighted by atomic mass is 16.5. The highest BCUT2D eigenvalue weighted by molar-refractivity contribution is 5.92. The molecule has 1 spiro atoms. The molecule has 2 fully saturated rings. The zero-order valence-electron chi connectivity index (χ0n) is 24.2. The Hall–Kier alpha value is -3.58. The van der Waals surface area contributed by atoms with Crippen LogP contribution in [0.3, 0.4) is 0 Å². The summed E-state index contributed by atoms with van der Waals surface area (Å²) in [5, 5.41) is 11.2. The Bertz CT molecular complexity index is 1390. The molecule has 1 amide bonds. The van der Waals surface area contributed by atoms with Crippen molar-refractivity contribution in [2.45, 2.75) is 70.1 Å². The highest BCUT2D eigenvalue weighted by Crippen LogP contribution is 2.65. The Morgan fingerprint density at radius 3 is 2.76 bits per heavy atom. The number of piperidine rings is 1. The van der Waals surface area contributed by atoms with Gasteiger partial charge in [0, 0.05) is 54.7 Å². The van der Waals surface area contributed by atoms with Crippen LogP contribution in [0.2, 0.25) is 0 Å². The molecule has 1 saturated heterocycles. The van der Waals surface area contributed by atoms with Crippen LogP contribution in [0, 0.1) is 11.8 Å². The topological polar surface area (TPSA) is 79.3 Å². The molecule has 0 radical (unpaired) electrons. The van der Waals surface area contributed by atoms with Crippen molar-refractivity contribution in [1.29, 1.82) is 0 Å². The van der Waals surface area contributed by atoms with E-state index in [1.54, 1.807) is 6.08 Å². The second kappa shape index (κ2) is 10.7. The molecule has 216 valence electrons. The molecule has 2 aromatic carbocycles. The maximum atomic E-state index is 13.9. The number of rotatable bonds is 8. The van der Waals surface area contributed by atoms with Gasteiger partial charge in [0.15, 0.2) is 11.5 Å². The summed E-state index contributed by atoms with van der Waals surface area (Å²) in [7, 11) is 0. The molecule has 2 bridgehead atoms. The second-order valence-electron chi connectivity index (χ2n) is 12.4. The number of nitrogens with zero attached hydrogens (tertiary/aromatic N) is 2. The molecule has 41 heavy (non-hydrogen) atoms. The van der Waals surface area contributed by atoms with Crippen molar-refractivity contribution in [3.63, 3.8) is 0 Å². The van der Waals surface area contributed by atoms with Gasteiger partial charge in [-0.15, -0.1) is 6.58 Å². The number of ether oxygens (including phenoxy) is 2. The molecule has 2 heterocycles. The van der Waals surface area contributed by atoms with E-state index in [-0.39, 0.29) is 41.2 Å². The van der Waals surface area contributed by atoms with E-state index in [2.05, 4.69) is 25.3 Å². The Morgan fingerprint density at radius 2 is 2.05 bits per heavy atom. The van der Waals surface area contributed by atoms with Gasteiger partial charge in [-0.2, -0.15) is 0 Å². The quantitative estimate of drug-likeness (QED) is 0.211. The Morgan fingerprint density at radius 1 is 1.27 bits per heavy atom. The van der Waals surface area contributed by atoms with E-state index in [0.717, 1.165) is 55.5 Å². The lowest BCUT2D eigenvalue weighted by molar-refractivity contribution is -0.138. The normalized spacial score (nSPS) is 27.8. The molecular weight excluding hydrogens is 516 g/mol. The summed E-state index contributed by atoms with van der Waals surface area (Å²) >= 11 is 0. The van der Waals surface area contributed by atoms with Gasteiger partial charge >= 0.3 is 5.97 Å². The van der Waals surface area contributed by atoms with Crippen molar-refractivity contribution in [1.82, 2.24) is 9.80 Å². The van der Waals surface area contributed by atoms with Crippen molar-refractivity contribution in [2.75, 3.05) is 19.6 Å². The van der Waals surface area contributed by atoms with E-state index in [1.807, 2.05) is 47.4 Å². The number of phenolic OH excluding ortho intramolecular Hbond substituents is 1. The van der Waals surface area contributed by atoms with E-state index in [9.17, 15) is 14.7 Å². The number of aromatic hydroxyl groups is 1. The zero-order chi connectivity index (χ0) is 28.9. The predicted octanol–water partition coefficient (Wildman–Crippen LogP) is 5.11. The first-order valence-corrected chi connectivity index (χ1v) is 14.9. The highest BCUT2D eigenvalue weighted by Gasteiger charge is 2.67. The fraction of sp³-hybridized carbons (Fsp3) is 0.471. The Balaban J connectivity index is 1.44. The number of likely N-dealkylation sites (tertiary alicyclic amines) is 1. The van der Waals surface area contributed by atoms with Crippen LogP contribution in [0.15, 0.2) is 55.1 Å². The van der Waals surface area contributed by atoms with Gasteiger partial charge in [0.1, 0.15) is 11.9 Å². The number of phenols is 1. The van der Waals surface area contributed by atoms with Gasteiger partial charge in [0.2, 0.25) is 5.91 Å².